The first-order chi connectivity index (χ1) is 6.83. The van der Waals surface area contributed by atoms with E-state index in [9.17, 15) is 4.79 Å². The van der Waals surface area contributed by atoms with Gasteiger partial charge in [0.15, 0.2) is 0 Å². The average Bonchev–Trinajstić information content (AvgIpc) is 2.30. The van der Waals surface area contributed by atoms with E-state index in [0.717, 1.165) is 5.56 Å². The molecule has 1 aromatic carbocycles. The van der Waals surface area contributed by atoms with Crippen LogP contribution in [-0.4, -0.2) is 11.6 Å². The Morgan fingerprint density at radius 3 is 2.27 bits per heavy atom. The molecule has 0 aliphatic carbocycles. The van der Waals surface area contributed by atoms with Crippen molar-refractivity contribution in [2.24, 2.45) is 17.5 Å². The van der Waals surface area contributed by atoms with Crippen molar-refractivity contribution in [3.05, 3.63) is 35.9 Å². The van der Waals surface area contributed by atoms with Gasteiger partial charge in [-0.05, 0) is 5.56 Å². The van der Waals surface area contributed by atoms with Crippen LogP contribution in [0.5, 0.6) is 0 Å². The fraction of sp³-hybridized carbons (Fsp3) is 0.125. The first-order valence-electron chi connectivity index (χ1n) is 3.83. The van der Waals surface area contributed by atoms with Crippen molar-refractivity contribution < 1.29 is 15.0 Å². The fourth-order valence-electron chi connectivity index (χ4n) is 0.765. The van der Waals surface area contributed by atoms with Gasteiger partial charge in [-0.15, -0.1) is 0 Å². The molecular formula is C8H16N4O3. The molecular weight excluding hydrogens is 200 g/mol. The molecule has 0 radical (unpaired) electrons. The smallest absolute Gasteiger partial charge is 0.421 e. The highest BCUT2D eigenvalue weighted by Gasteiger charge is 1.97. The third-order valence-corrected chi connectivity index (χ3v) is 1.33. The maximum atomic E-state index is 10.5. The van der Waals surface area contributed by atoms with Crippen molar-refractivity contribution in [3.63, 3.8) is 0 Å². The Morgan fingerprint density at radius 1 is 1.27 bits per heavy atom. The van der Waals surface area contributed by atoms with E-state index in [1.54, 1.807) is 0 Å². The Balaban J connectivity index is 0. The number of nitrogens with two attached hydrogens (primary N) is 3. The molecule has 0 fully saturated rings. The van der Waals surface area contributed by atoms with Gasteiger partial charge >= 0.3 is 6.09 Å². The van der Waals surface area contributed by atoms with Crippen LogP contribution in [0, 0.1) is 0 Å². The molecule has 0 spiro atoms. The summed E-state index contributed by atoms with van der Waals surface area (Å²) >= 11 is 0. The molecule has 0 saturated carbocycles. The quantitative estimate of drug-likeness (QED) is 0.278. The van der Waals surface area contributed by atoms with Crippen LogP contribution in [-0.2, 0) is 11.3 Å². The first-order valence-corrected chi connectivity index (χ1v) is 3.83. The minimum atomic E-state index is -0.626. The molecule has 9 N–H and O–H groups in total. The number of ether oxygens (including phenoxy) is 1. The monoisotopic (exact) mass is 216 g/mol. The van der Waals surface area contributed by atoms with Crippen molar-refractivity contribution in [2.75, 3.05) is 0 Å². The van der Waals surface area contributed by atoms with Crippen molar-refractivity contribution in [3.8, 4) is 0 Å². The Kier molecular flexibility index (Phi) is 11.0. The van der Waals surface area contributed by atoms with E-state index in [1.165, 1.54) is 0 Å². The minimum Gasteiger partial charge on any atom is -0.444 e. The lowest BCUT2D eigenvalue weighted by molar-refractivity contribution is 0.140. The van der Waals surface area contributed by atoms with Crippen LogP contribution in [0.4, 0.5) is 4.79 Å². The van der Waals surface area contributed by atoms with Gasteiger partial charge in [0.1, 0.15) is 6.61 Å². The normalized spacial score (nSPS) is 7.67. The number of amides is 1. The SMILES string of the molecule is NN.NNC(=O)OCc1ccccc1.O. The highest BCUT2D eigenvalue weighted by atomic mass is 16.5. The average molecular weight is 216 g/mol. The van der Waals surface area contributed by atoms with Gasteiger partial charge in [0, 0.05) is 0 Å². The molecule has 86 valence electrons. The lowest BCUT2D eigenvalue weighted by Gasteiger charge is -2.02. The van der Waals surface area contributed by atoms with Crippen molar-refractivity contribution in [1.82, 2.24) is 5.43 Å². The molecule has 0 aliphatic heterocycles. The van der Waals surface area contributed by atoms with E-state index < -0.39 is 6.09 Å². The van der Waals surface area contributed by atoms with Gasteiger partial charge in [0.25, 0.3) is 0 Å². The van der Waals surface area contributed by atoms with Crippen molar-refractivity contribution >= 4 is 6.09 Å². The Bertz CT molecular complexity index is 255. The van der Waals surface area contributed by atoms with Crippen LogP contribution in [0.1, 0.15) is 5.56 Å². The van der Waals surface area contributed by atoms with E-state index in [-0.39, 0.29) is 12.1 Å². The number of benzene rings is 1. The number of carbonyl (C=O) groups excluding carboxylic acids is 1. The topological polar surface area (TPSA) is 148 Å². The predicted octanol–water partition coefficient (Wildman–Crippen LogP) is -1.22. The first kappa shape index (κ1) is 15.8. The van der Waals surface area contributed by atoms with Gasteiger partial charge in [-0.2, -0.15) is 0 Å². The molecule has 0 heterocycles. The van der Waals surface area contributed by atoms with Crippen LogP contribution in [0.15, 0.2) is 30.3 Å². The third-order valence-electron chi connectivity index (χ3n) is 1.33. The van der Waals surface area contributed by atoms with Crippen molar-refractivity contribution in [2.45, 2.75) is 6.61 Å². The van der Waals surface area contributed by atoms with E-state index in [4.69, 9.17) is 10.6 Å². The Morgan fingerprint density at radius 2 is 1.80 bits per heavy atom. The molecule has 15 heavy (non-hydrogen) atoms. The Labute approximate surface area is 87.4 Å². The summed E-state index contributed by atoms with van der Waals surface area (Å²) in [6.45, 7) is 0.240. The molecule has 0 saturated heterocycles. The maximum absolute atomic E-state index is 10.5. The number of nitrogens with one attached hydrogen (secondary N) is 1. The summed E-state index contributed by atoms with van der Waals surface area (Å²) in [5.74, 6) is 12.8. The number of carbonyl (C=O) groups is 1. The molecule has 0 aromatic heterocycles. The summed E-state index contributed by atoms with van der Waals surface area (Å²) in [4.78, 5) is 10.5. The zero-order valence-corrected chi connectivity index (χ0v) is 8.14. The molecule has 7 heteroatoms. The summed E-state index contributed by atoms with van der Waals surface area (Å²) in [5.41, 5.74) is 2.81. The number of hydrogen-bond acceptors (Lipinski definition) is 5. The minimum absolute atomic E-state index is 0. The maximum Gasteiger partial charge on any atom is 0.421 e. The second kappa shape index (κ2) is 10.4. The number of hydrazine groups is 2. The number of rotatable bonds is 2. The zero-order chi connectivity index (χ0) is 10.8. The third kappa shape index (κ3) is 7.40. The standard InChI is InChI=1S/C8H10N2O2.H4N2.H2O/c9-10-8(11)12-6-7-4-2-1-3-5-7;1-2;/h1-5H,6,9H2,(H,10,11);1-2H2;1H2. The second-order valence-corrected chi connectivity index (χ2v) is 2.21. The van der Waals surface area contributed by atoms with Gasteiger partial charge < -0.3 is 10.2 Å². The van der Waals surface area contributed by atoms with Crippen LogP contribution < -0.4 is 23.0 Å². The molecule has 0 atom stereocenters. The van der Waals surface area contributed by atoms with Gasteiger partial charge in [0.05, 0.1) is 0 Å². The van der Waals surface area contributed by atoms with Crippen LogP contribution in [0.3, 0.4) is 0 Å². The van der Waals surface area contributed by atoms with Gasteiger partial charge in [0.2, 0.25) is 0 Å². The highest BCUT2D eigenvalue weighted by Crippen LogP contribution is 1.99. The fourth-order valence-corrected chi connectivity index (χ4v) is 0.765. The molecule has 0 bridgehead atoms. The summed E-state index contributed by atoms with van der Waals surface area (Å²) < 4.78 is 4.70. The summed E-state index contributed by atoms with van der Waals surface area (Å²) in [6.07, 6.45) is -0.626. The molecule has 1 amide bonds. The Hall–Kier alpha value is -1.67. The largest absolute Gasteiger partial charge is 0.444 e. The van der Waals surface area contributed by atoms with E-state index in [1.807, 2.05) is 35.8 Å². The van der Waals surface area contributed by atoms with Gasteiger partial charge in [-0.3, -0.25) is 17.1 Å². The molecule has 1 rings (SSSR count). The van der Waals surface area contributed by atoms with E-state index >= 15 is 0 Å². The zero-order valence-electron chi connectivity index (χ0n) is 8.14. The summed E-state index contributed by atoms with van der Waals surface area (Å²) in [7, 11) is 0. The molecule has 0 unspecified atom stereocenters. The van der Waals surface area contributed by atoms with E-state index in [2.05, 4.69) is 11.7 Å². The van der Waals surface area contributed by atoms with Crippen molar-refractivity contribution in [1.29, 1.82) is 0 Å². The summed E-state index contributed by atoms with van der Waals surface area (Å²) in [5, 5.41) is 0. The lowest BCUT2D eigenvalue weighted by Crippen LogP contribution is -2.30. The van der Waals surface area contributed by atoms with Crippen LogP contribution in [0.25, 0.3) is 0 Å². The van der Waals surface area contributed by atoms with Gasteiger partial charge in [-0.25, -0.2) is 10.6 Å². The summed E-state index contributed by atoms with van der Waals surface area (Å²) in [6, 6.07) is 9.37. The van der Waals surface area contributed by atoms with Crippen LogP contribution in [0.2, 0.25) is 0 Å². The van der Waals surface area contributed by atoms with E-state index in [0.29, 0.717) is 0 Å². The number of hydrogen-bond donors (Lipinski definition) is 4. The lowest BCUT2D eigenvalue weighted by atomic mass is 10.2. The highest BCUT2D eigenvalue weighted by molar-refractivity contribution is 5.66. The molecule has 7 nitrogen and oxygen atoms in total. The molecule has 1 aromatic rings. The molecule has 0 aliphatic rings. The van der Waals surface area contributed by atoms with Crippen LogP contribution >= 0.6 is 0 Å². The second-order valence-electron chi connectivity index (χ2n) is 2.21. The predicted molar refractivity (Wildman–Crippen MR) is 55.9 cm³/mol. The van der Waals surface area contributed by atoms with Gasteiger partial charge in [-0.1, -0.05) is 30.3 Å².